The molecule has 82 heavy (non-hydrogen) atoms. The lowest BCUT2D eigenvalue weighted by atomic mass is 9.97. The van der Waals surface area contributed by atoms with Crippen molar-refractivity contribution in [1.29, 1.82) is 0 Å². The molecule has 33 nitrogen and oxygen atoms in total. The molecule has 0 unspecified atom stereocenters. The van der Waals surface area contributed by atoms with Crippen LogP contribution < -0.4 is 94.1 Å². The molecule has 0 aliphatic carbocycles. The van der Waals surface area contributed by atoms with Crippen LogP contribution in [0.3, 0.4) is 0 Å². The van der Waals surface area contributed by atoms with Gasteiger partial charge in [0.15, 0.2) is 17.9 Å². The van der Waals surface area contributed by atoms with Crippen LogP contribution >= 0.6 is 0 Å². The van der Waals surface area contributed by atoms with Crippen LogP contribution in [0.25, 0.3) is 0 Å². The number of rotatable bonds is 39. The Morgan fingerprint density at radius 3 is 1.20 bits per heavy atom. The molecule has 0 spiro atoms. The van der Waals surface area contributed by atoms with E-state index in [0.29, 0.717) is 12.8 Å². The van der Waals surface area contributed by atoms with E-state index in [2.05, 4.69) is 57.5 Å². The van der Waals surface area contributed by atoms with E-state index in [-0.39, 0.29) is 114 Å². The van der Waals surface area contributed by atoms with Crippen LogP contribution in [0.1, 0.15) is 124 Å². The molecule has 0 aromatic carbocycles. The van der Waals surface area contributed by atoms with Gasteiger partial charge in [0, 0.05) is 58.4 Å². The van der Waals surface area contributed by atoms with Crippen molar-refractivity contribution in [2.75, 3.05) is 33.2 Å². The van der Waals surface area contributed by atoms with E-state index in [4.69, 9.17) is 51.6 Å². The zero-order valence-corrected chi connectivity index (χ0v) is 47.6. The fourth-order valence-electron chi connectivity index (χ4n) is 8.54. The van der Waals surface area contributed by atoms with Crippen molar-refractivity contribution in [1.82, 2.24) is 47.4 Å². The van der Waals surface area contributed by atoms with Crippen LogP contribution in [0.4, 0.5) is 0 Å². The van der Waals surface area contributed by atoms with E-state index in [1.807, 2.05) is 13.8 Å². The molecule has 1 heterocycles. The van der Waals surface area contributed by atoms with Crippen molar-refractivity contribution in [3.8, 4) is 0 Å². The number of primary amides is 3. The number of nitrogens with one attached hydrogen (secondary N) is 8. The number of guanidine groups is 3. The molecule has 0 aromatic heterocycles. The molecule has 0 saturated carbocycles. The molecule has 1 aliphatic heterocycles. The summed E-state index contributed by atoms with van der Waals surface area (Å²) in [5.74, 6) is -10.7. The molecule has 33 heteroatoms. The summed E-state index contributed by atoms with van der Waals surface area (Å²) >= 11 is 0. The average molecular weight is 1160 g/mol. The number of likely N-dealkylation sites (tertiary alicyclic amines) is 1. The van der Waals surface area contributed by atoms with Gasteiger partial charge in [-0.3, -0.25) is 72.5 Å². The van der Waals surface area contributed by atoms with Gasteiger partial charge in [-0.15, -0.1) is 0 Å². The average Bonchev–Trinajstić information content (AvgIpc) is 3.94. The topological polar surface area (TPSA) is 576 Å². The summed E-state index contributed by atoms with van der Waals surface area (Å²) in [5, 5.41) is 20.3. The maximum absolute atomic E-state index is 14.4. The number of aliphatic imine (C=N–C) groups is 3. The Bertz CT molecular complexity index is 2300. The highest BCUT2D eigenvalue weighted by molar-refractivity contribution is 5.98. The molecule has 26 N–H and O–H groups in total. The number of amides is 12. The minimum atomic E-state index is -1.61. The summed E-state index contributed by atoms with van der Waals surface area (Å²) in [6.45, 7) is 6.93. The zero-order valence-electron chi connectivity index (χ0n) is 47.6. The van der Waals surface area contributed by atoms with E-state index in [9.17, 15) is 57.5 Å². The van der Waals surface area contributed by atoms with E-state index in [1.54, 1.807) is 6.92 Å². The van der Waals surface area contributed by atoms with Crippen LogP contribution in [-0.2, 0) is 57.5 Å². The third-order valence-electron chi connectivity index (χ3n) is 12.8. The van der Waals surface area contributed by atoms with E-state index in [0.717, 1.165) is 0 Å². The number of likely N-dealkylation sites (N-methyl/N-ethyl adjacent to an activating group) is 1. The predicted molar refractivity (Wildman–Crippen MR) is 302 cm³/mol. The Hall–Kier alpha value is -8.55. The molecule has 0 radical (unpaired) electrons. The van der Waals surface area contributed by atoms with Crippen molar-refractivity contribution in [2.45, 2.75) is 172 Å². The second kappa shape index (κ2) is 37.4. The molecule has 462 valence electrons. The molecule has 0 aromatic rings. The van der Waals surface area contributed by atoms with Crippen LogP contribution in [0.2, 0.25) is 0 Å². The fraction of sp³-hybridized carbons (Fsp3) is 0.694. The highest BCUT2D eigenvalue weighted by Gasteiger charge is 2.40. The van der Waals surface area contributed by atoms with Crippen molar-refractivity contribution in [3.63, 3.8) is 0 Å². The first-order chi connectivity index (χ1) is 38.5. The molecule has 9 atom stereocenters. The zero-order chi connectivity index (χ0) is 62.2. The SMILES string of the molecule is CNC(=O)[C@H](CCC(N)=O)NC(=O)[C@@H]1CCCN1C(=O)[C@H](CCCN=C(N)N)NC(=O)[C@H](CCCN=C(N)N)NC(=O)[C@H](CCC(N)=O)NC(=O)[C@H](C)NC(=O)[C@H](CCC(N)=O)NC(=O)[C@H](CCCN=C(N)N)NC(=O)[C@@H](C)CC(C)C. The maximum atomic E-state index is 14.4. The van der Waals surface area contributed by atoms with Gasteiger partial charge in [0.2, 0.25) is 70.9 Å². The Morgan fingerprint density at radius 2 is 0.805 bits per heavy atom. The van der Waals surface area contributed by atoms with E-state index < -0.39 is 144 Å². The van der Waals surface area contributed by atoms with Gasteiger partial charge in [-0.25, -0.2) is 0 Å². The first-order valence-electron chi connectivity index (χ1n) is 27.1. The first kappa shape index (κ1) is 71.5. The molecule has 1 aliphatic rings. The van der Waals surface area contributed by atoms with Gasteiger partial charge >= 0.3 is 0 Å². The second-order valence-electron chi connectivity index (χ2n) is 20.3. The minimum Gasteiger partial charge on any atom is -0.370 e. The smallest absolute Gasteiger partial charge is 0.245 e. The Balaban J connectivity index is 3.56. The lowest BCUT2D eigenvalue weighted by molar-refractivity contribution is -0.142. The standard InChI is InChI=1S/C49H89N21O12/c1-25(2)24-26(3)38(74)64-28(10-6-20-60-47(53)54)42(78)67-31(15-18-36(51)72)41(77)63-27(4)39(75)65-32(16-19-37(52)73)44(80)66-29(11-7-21-61-48(55)56)43(79)69-33(12-8-22-62-49(57)58)46(82)70-23-9-13-34(70)45(81)68-30(40(76)59-5)14-17-35(50)71/h25-34H,6-24H2,1-5H3,(H2,50,71)(H2,51,72)(H2,52,73)(H,59,76)(H,63,77)(H,64,74)(H,65,75)(H,66,80)(H,67,78)(H,68,81)(H,69,79)(H4,53,54,60)(H4,55,56,61)(H4,57,58,62)/t26-,27-,28-,29-,30-,31-,32-,33-,34-/m0/s1. The van der Waals surface area contributed by atoms with Crippen molar-refractivity contribution >= 4 is 88.8 Å². The highest BCUT2D eigenvalue weighted by Crippen LogP contribution is 2.21. The van der Waals surface area contributed by atoms with Gasteiger partial charge in [-0.2, -0.15) is 0 Å². The van der Waals surface area contributed by atoms with Crippen molar-refractivity contribution < 1.29 is 57.5 Å². The summed E-state index contributed by atoms with van der Waals surface area (Å²) in [6.07, 6.45) is -0.779. The quantitative estimate of drug-likeness (QED) is 0.0154. The Labute approximate surface area is 476 Å². The first-order valence-corrected chi connectivity index (χ1v) is 27.1. The van der Waals surface area contributed by atoms with Crippen molar-refractivity contribution in [2.24, 2.45) is 78.4 Å². The third kappa shape index (κ3) is 28.5. The molecular formula is C49H89N21O12. The molecule has 1 saturated heterocycles. The van der Waals surface area contributed by atoms with E-state index in [1.165, 1.54) is 18.9 Å². The fourth-order valence-corrected chi connectivity index (χ4v) is 8.54. The number of carbonyl (C=O) groups excluding carboxylic acids is 12. The second-order valence-corrected chi connectivity index (χ2v) is 20.3. The number of nitrogens with zero attached hydrogens (tertiary/aromatic N) is 4. The summed E-state index contributed by atoms with van der Waals surface area (Å²) in [7, 11) is 1.34. The summed E-state index contributed by atoms with van der Waals surface area (Å²) < 4.78 is 0. The number of hydrogen-bond acceptors (Lipinski definition) is 15. The summed E-state index contributed by atoms with van der Waals surface area (Å²) in [4.78, 5) is 173. The minimum absolute atomic E-state index is 0.0159. The predicted octanol–water partition coefficient (Wildman–Crippen LogP) is -7.22. The number of carbonyl (C=O) groups is 12. The molecule has 1 fully saturated rings. The van der Waals surface area contributed by atoms with Crippen LogP contribution in [0, 0.1) is 11.8 Å². The Morgan fingerprint density at radius 1 is 0.451 bits per heavy atom. The van der Waals surface area contributed by atoms with Gasteiger partial charge in [0.1, 0.15) is 48.3 Å². The van der Waals surface area contributed by atoms with Gasteiger partial charge in [-0.05, 0) is 89.9 Å². The normalized spacial score (nSPS) is 15.6. The van der Waals surface area contributed by atoms with Gasteiger partial charge in [0.25, 0.3) is 0 Å². The largest absolute Gasteiger partial charge is 0.370 e. The van der Waals surface area contributed by atoms with E-state index >= 15 is 0 Å². The third-order valence-corrected chi connectivity index (χ3v) is 12.8. The van der Waals surface area contributed by atoms with Crippen LogP contribution in [0.5, 0.6) is 0 Å². The molecule has 1 rings (SSSR count). The lowest BCUT2D eigenvalue weighted by Crippen LogP contribution is -2.60. The van der Waals surface area contributed by atoms with Gasteiger partial charge < -0.3 is 99.0 Å². The van der Waals surface area contributed by atoms with Crippen molar-refractivity contribution in [3.05, 3.63) is 0 Å². The molecule has 12 amide bonds. The summed E-state index contributed by atoms with van der Waals surface area (Å²) in [5.41, 5.74) is 49.0. The molecule has 0 bridgehead atoms. The lowest BCUT2D eigenvalue weighted by Gasteiger charge is -2.31. The monoisotopic (exact) mass is 1160 g/mol. The number of nitrogens with two attached hydrogens (primary N) is 9. The van der Waals surface area contributed by atoms with Gasteiger partial charge in [0.05, 0.1) is 0 Å². The Kier molecular flexibility index (Phi) is 32.6. The van der Waals surface area contributed by atoms with Crippen LogP contribution in [-0.4, -0.2) is 175 Å². The van der Waals surface area contributed by atoms with Gasteiger partial charge in [-0.1, -0.05) is 20.8 Å². The summed E-state index contributed by atoms with van der Waals surface area (Å²) in [6, 6.07) is -10.9. The number of hydrogen-bond donors (Lipinski definition) is 17. The highest BCUT2D eigenvalue weighted by atomic mass is 16.2. The maximum Gasteiger partial charge on any atom is 0.245 e. The molecular weight excluding hydrogens is 1070 g/mol. The van der Waals surface area contributed by atoms with Crippen LogP contribution in [0.15, 0.2) is 15.0 Å².